The van der Waals surface area contributed by atoms with Crippen molar-refractivity contribution in [1.82, 2.24) is 5.32 Å². The zero-order chi connectivity index (χ0) is 14.3. The van der Waals surface area contributed by atoms with Gasteiger partial charge >= 0.3 is 6.18 Å². The molecule has 0 saturated heterocycles. The molecule has 1 aromatic rings. The van der Waals surface area contributed by atoms with E-state index in [2.05, 4.69) is 12.2 Å². The number of alkyl halides is 4. The molecule has 0 bridgehead atoms. The van der Waals surface area contributed by atoms with Gasteiger partial charge in [0.25, 0.3) is 0 Å². The smallest absolute Gasteiger partial charge is 0.312 e. The second-order valence-corrected chi connectivity index (χ2v) is 4.96. The molecule has 0 radical (unpaired) electrons. The summed E-state index contributed by atoms with van der Waals surface area (Å²) in [6.07, 6.45) is -2.34. The summed E-state index contributed by atoms with van der Waals surface area (Å²) >= 11 is 5.69. The van der Waals surface area contributed by atoms with E-state index in [0.717, 1.165) is 25.5 Å². The van der Waals surface area contributed by atoms with E-state index >= 15 is 0 Å². The fourth-order valence-corrected chi connectivity index (χ4v) is 2.19. The molecule has 1 rings (SSSR count). The quantitative estimate of drug-likeness (QED) is 0.732. The van der Waals surface area contributed by atoms with Crippen molar-refractivity contribution >= 4 is 11.6 Å². The van der Waals surface area contributed by atoms with E-state index in [0.29, 0.717) is 23.9 Å². The minimum atomic E-state index is -4.28. The van der Waals surface area contributed by atoms with Crippen LogP contribution in [0.2, 0.25) is 0 Å². The van der Waals surface area contributed by atoms with Gasteiger partial charge in [-0.05, 0) is 30.5 Å². The van der Waals surface area contributed by atoms with Crippen LogP contribution < -0.4 is 5.32 Å². The highest BCUT2D eigenvalue weighted by molar-refractivity contribution is 6.17. The van der Waals surface area contributed by atoms with Crippen LogP contribution in [-0.2, 0) is 12.7 Å². The number of benzene rings is 1. The van der Waals surface area contributed by atoms with E-state index in [9.17, 15) is 13.2 Å². The van der Waals surface area contributed by atoms with Crippen LogP contribution in [0.1, 0.15) is 30.9 Å². The Kier molecular flexibility index (Phi) is 6.66. The Morgan fingerprint density at radius 1 is 1.32 bits per heavy atom. The van der Waals surface area contributed by atoms with Gasteiger partial charge in [0.2, 0.25) is 0 Å². The molecule has 1 nitrogen and oxygen atoms in total. The fraction of sp³-hybridized carbons (Fsp3) is 0.571. The monoisotopic (exact) mass is 293 g/mol. The first-order valence-corrected chi connectivity index (χ1v) is 6.93. The standard InChI is InChI=1S/C14H19ClF3N/c1-2-11(6-7-15)9-19-10-12-4-3-5-13(8-12)14(16,17)18/h3-5,8,11,19H,2,6-7,9-10H2,1H3. The molecule has 1 unspecified atom stereocenters. The highest BCUT2D eigenvalue weighted by Gasteiger charge is 2.30. The summed E-state index contributed by atoms with van der Waals surface area (Å²) in [6, 6.07) is 5.42. The molecule has 0 spiro atoms. The molecule has 1 atom stereocenters. The van der Waals surface area contributed by atoms with Gasteiger partial charge in [0.1, 0.15) is 0 Å². The van der Waals surface area contributed by atoms with Crippen LogP contribution in [0, 0.1) is 5.92 Å². The predicted molar refractivity (Wildman–Crippen MR) is 72.3 cm³/mol. The van der Waals surface area contributed by atoms with E-state index in [1.807, 2.05) is 0 Å². The molecule has 108 valence electrons. The molecule has 0 aliphatic rings. The molecule has 0 aliphatic heterocycles. The second-order valence-electron chi connectivity index (χ2n) is 4.58. The van der Waals surface area contributed by atoms with E-state index < -0.39 is 11.7 Å². The number of rotatable bonds is 7. The molecule has 5 heteroatoms. The summed E-state index contributed by atoms with van der Waals surface area (Å²) in [5.41, 5.74) is 0.0511. The summed E-state index contributed by atoms with van der Waals surface area (Å²) in [7, 11) is 0. The third kappa shape index (κ3) is 5.83. The molecule has 1 aromatic carbocycles. The molecule has 19 heavy (non-hydrogen) atoms. The molecule has 0 saturated carbocycles. The van der Waals surface area contributed by atoms with Crippen molar-refractivity contribution in [2.24, 2.45) is 5.92 Å². The average Bonchev–Trinajstić information content (AvgIpc) is 2.37. The van der Waals surface area contributed by atoms with Crippen molar-refractivity contribution in [1.29, 1.82) is 0 Å². The second kappa shape index (κ2) is 7.75. The lowest BCUT2D eigenvalue weighted by molar-refractivity contribution is -0.137. The maximum atomic E-state index is 12.5. The summed E-state index contributed by atoms with van der Waals surface area (Å²) in [4.78, 5) is 0. The Morgan fingerprint density at radius 3 is 2.63 bits per heavy atom. The van der Waals surface area contributed by atoms with Gasteiger partial charge in [0.05, 0.1) is 5.56 Å². The first kappa shape index (κ1) is 16.3. The van der Waals surface area contributed by atoms with Gasteiger partial charge in [-0.15, -0.1) is 11.6 Å². The Bertz CT molecular complexity index is 379. The Labute approximate surface area is 117 Å². The summed E-state index contributed by atoms with van der Waals surface area (Å²) in [5.74, 6) is 1.09. The molecule has 1 N–H and O–H groups in total. The van der Waals surface area contributed by atoms with E-state index in [4.69, 9.17) is 11.6 Å². The van der Waals surface area contributed by atoms with Crippen molar-refractivity contribution in [3.63, 3.8) is 0 Å². The lowest BCUT2D eigenvalue weighted by Gasteiger charge is -2.14. The topological polar surface area (TPSA) is 12.0 Å². The number of halogens is 4. The first-order valence-electron chi connectivity index (χ1n) is 6.40. The van der Waals surface area contributed by atoms with Crippen molar-refractivity contribution in [3.8, 4) is 0 Å². The van der Waals surface area contributed by atoms with Crippen LogP contribution >= 0.6 is 11.6 Å². The number of hydrogen-bond donors (Lipinski definition) is 1. The summed E-state index contributed by atoms with van der Waals surface area (Å²) in [6.45, 7) is 3.31. The average molecular weight is 294 g/mol. The lowest BCUT2D eigenvalue weighted by Crippen LogP contribution is -2.22. The molecule has 0 fully saturated rings. The van der Waals surface area contributed by atoms with Gasteiger partial charge in [0.15, 0.2) is 0 Å². The van der Waals surface area contributed by atoms with Gasteiger partial charge in [-0.3, -0.25) is 0 Å². The van der Waals surface area contributed by atoms with Crippen molar-refractivity contribution < 1.29 is 13.2 Å². The largest absolute Gasteiger partial charge is 0.416 e. The third-order valence-corrected chi connectivity index (χ3v) is 3.33. The highest BCUT2D eigenvalue weighted by Crippen LogP contribution is 2.29. The summed E-state index contributed by atoms with van der Waals surface area (Å²) < 4.78 is 37.6. The lowest BCUT2D eigenvalue weighted by atomic mass is 10.0. The van der Waals surface area contributed by atoms with E-state index in [-0.39, 0.29) is 0 Å². The zero-order valence-corrected chi connectivity index (χ0v) is 11.7. The number of nitrogens with one attached hydrogen (secondary N) is 1. The minimum absolute atomic E-state index is 0.447. The Hall–Kier alpha value is -0.740. The van der Waals surface area contributed by atoms with Crippen LogP contribution in [-0.4, -0.2) is 12.4 Å². The van der Waals surface area contributed by atoms with E-state index in [1.54, 1.807) is 6.07 Å². The van der Waals surface area contributed by atoms with Gasteiger partial charge in [-0.1, -0.05) is 31.5 Å². The van der Waals surface area contributed by atoms with Crippen molar-refractivity contribution in [3.05, 3.63) is 35.4 Å². The van der Waals surface area contributed by atoms with Crippen LogP contribution in [0.5, 0.6) is 0 Å². The third-order valence-electron chi connectivity index (χ3n) is 3.11. The van der Waals surface area contributed by atoms with E-state index in [1.165, 1.54) is 12.1 Å². The van der Waals surface area contributed by atoms with Crippen molar-refractivity contribution in [2.75, 3.05) is 12.4 Å². The van der Waals surface area contributed by atoms with Gasteiger partial charge in [-0.25, -0.2) is 0 Å². The first-order chi connectivity index (χ1) is 8.97. The van der Waals surface area contributed by atoms with Crippen LogP contribution in [0.25, 0.3) is 0 Å². The van der Waals surface area contributed by atoms with Gasteiger partial charge < -0.3 is 5.32 Å². The molecule has 0 amide bonds. The Morgan fingerprint density at radius 2 is 2.05 bits per heavy atom. The normalized spacial score (nSPS) is 13.5. The molecular weight excluding hydrogens is 275 g/mol. The maximum Gasteiger partial charge on any atom is 0.416 e. The zero-order valence-electron chi connectivity index (χ0n) is 10.9. The van der Waals surface area contributed by atoms with Crippen molar-refractivity contribution in [2.45, 2.75) is 32.5 Å². The van der Waals surface area contributed by atoms with Crippen LogP contribution in [0.4, 0.5) is 13.2 Å². The molecule has 0 aromatic heterocycles. The predicted octanol–water partition coefficient (Wildman–Crippen LogP) is 4.45. The maximum absolute atomic E-state index is 12.5. The number of hydrogen-bond acceptors (Lipinski definition) is 1. The van der Waals surface area contributed by atoms with Gasteiger partial charge in [-0.2, -0.15) is 13.2 Å². The summed E-state index contributed by atoms with van der Waals surface area (Å²) in [5, 5.41) is 3.19. The van der Waals surface area contributed by atoms with Crippen LogP contribution in [0.3, 0.4) is 0 Å². The highest BCUT2D eigenvalue weighted by atomic mass is 35.5. The molecule has 0 aliphatic carbocycles. The minimum Gasteiger partial charge on any atom is -0.312 e. The Balaban J connectivity index is 2.49. The SMILES string of the molecule is CCC(CCCl)CNCc1cccc(C(F)(F)F)c1. The van der Waals surface area contributed by atoms with Crippen LogP contribution in [0.15, 0.2) is 24.3 Å². The fourth-order valence-electron chi connectivity index (χ4n) is 1.88. The molecule has 0 heterocycles. The van der Waals surface area contributed by atoms with Gasteiger partial charge in [0, 0.05) is 12.4 Å². The molecular formula is C14H19ClF3N.